The van der Waals surface area contributed by atoms with Crippen molar-refractivity contribution < 1.29 is 4.79 Å². The van der Waals surface area contributed by atoms with E-state index >= 15 is 0 Å². The van der Waals surface area contributed by atoms with E-state index in [9.17, 15) is 4.79 Å². The molecular weight excluding hydrogens is 346 g/mol. The zero-order valence-corrected chi connectivity index (χ0v) is 15.2. The Morgan fingerprint density at radius 2 is 1.46 bits per heavy atom. The smallest absolute Gasteiger partial charge is 0.276 e. The fraction of sp³-hybridized carbons (Fsp3) is 0.0417. The first-order chi connectivity index (χ1) is 13.8. The van der Waals surface area contributed by atoms with Crippen LogP contribution in [-0.2, 0) is 0 Å². The number of para-hydroxylation sites is 2. The Morgan fingerprint density at radius 1 is 0.750 bits per heavy atom. The first-order valence-corrected chi connectivity index (χ1v) is 9.29. The number of nitrogens with zero attached hydrogens (tertiary/aromatic N) is 1. The molecule has 1 heterocycles. The number of benzene rings is 4. The quantitative estimate of drug-likeness (QED) is 0.508. The number of carbonyl (C=O) groups is 1. The van der Waals surface area contributed by atoms with Gasteiger partial charge in [0.2, 0.25) is 0 Å². The third-order valence-corrected chi connectivity index (χ3v) is 5.04. The van der Waals surface area contributed by atoms with Crippen LogP contribution in [0.25, 0.3) is 10.8 Å². The molecule has 1 amide bonds. The molecule has 28 heavy (non-hydrogen) atoms. The van der Waals surface area contributed by atoms with Crippen LogP contribution in [0.5, 0.6) is 0 Å². The van der Waals surface area contributed by atoms with Crippen molar-refractivity contribution >= 4 is 28.1 Å². The van der Waals surface area contributed by atoms with Gasteiger partial charge in [0.25, 0.3) is 5.91 Å². The molecule has 0 saturated carbocycles. The van der Waals surface area contributed by atoms with Crippen molar-refractivity contribution in [2.45, 2.75) is 6.17 Å². The lowest BCUT2D eigenvalue weighted by atomic mass is 10.0. The van der Waals surface area contributed by atoms with Gasteiger partial charge in [0, 0.05) is 5.69 Å². The van der Waals surface area contributed by atoms with Gasteiger partial charge in [-0.25, -0.2) is 5.01 Å². The van der Waals surface area contributed by atoms with Crippen LogP contribution in [0.15, 0.2) is 97.1 Å². The van der Waals surface area contributed by atoms with E-state index in [2.05, 4.69) is 41.1 Å². The van der Waals surface area contributed by atoms with Crippen molar-refractivity contribution in [2.24, 2.45) is 0 Å². The average Bonchev–Trinajstić information content (AvgIpc) is 2.76. The van der Waals surface area contributed by atoms with Crippen LogP contribution in [0.1, 0.15) is 22.1 Å². The molecule has 4 nitrogen and oxygen atoms in total. The first-order valence-electron chi connectivity index (χ1n) is 9.29. The first kappa shape index (κ1) is 16.4. The third-order valence-electron chi connectivity index (χ3n) is 5.04. The molecule has 1 unspecified atom stereocenters. The predicted octanol–water partition coefficient (Wildman–Crippen LogP) is 5.43. The van der Waals surface area contributed by atoms with E-state index in [1.165, 1.54) is 5.39 Å². The molecule has 0 spiro atoms. The second-order valence-electron chi connectivity index (χ2n) is 6.85. The summed E-state index contributed by atoms with van der Waals surface area (Å²) in [6.07, 6.45) is -0.327. The normalized spacial score (nSPS) is 15.8. The van der Waals surface area contributed by atoms with E-state index in [0.29, 0.717) is 5.56 Å². The summed E-state index contributed by atoms with van der Waals surface area (Å²) >= 11 is 0. The molecule has 2 N–H and O–H groups in total. The number of rotatable bonds is 3. The molecule has 1 aliphatic heterocycles. The maximum Gasteiger partial charge on any atom is 0.276 e. The van der Waals surface area contributed by atoms with Crippen LogP contribution < -0.4 is 10.7 Å². The van der Waals surface area contributed by atoms with Crippen molar-refractivity contribution in [3.63, 3.8) is 0 Å². The molecule has 5 rings (SSSR count). The topological polar surface area (TPSA) is 44.4 Å². The zero-order chi connectivity index (χ0) is 18.9. The highest BCUT2D eigenvalue weighted by molar-refractivity contribution is 6.02. The van der Waals surface area contributed by atoms with Crippen LogP contribution in [0.3, 0.4) is 0 Å². The van der Waals surface area contributed by atoms with Crippen molar-refractivity contribution in [2.75, 3.05) is 10.7 Å². The van der Waals surface area contributed by atoms with Crippen LogP contribution in [0, 0.1) is 0 Å². The fourth-order valence-electron chi connectivity index (χ4n) is 3.63. The Bertz CT molecular complexity index is 1160. The molecule has 136 valence electrons. The minimum absolute atomic E-state index is 0.0589. The lowest BCUT2D eigenvalue weighted by Gasteiger charge is -2.38. The predicted molar refractivity (Wildman–Crippen MR) is 113 cm³/mol. The van der Waals surface area contributed by atoms with E-state index in [-0.39, 0.29) is 12.1 Å². The molecule has 0 bridgehead atoms. The summed E-state index contributed by atoms with van der Waals surface area (Å²) in [6.45, 7) is 0. The number of amides is 1. The van der Waals surface area contributed by atoms with Crippen molar-refractivity contribution in [1.29, 1.82) is 0 Å². The lowest BCUT2D eigenvalue weighted by Crippen LogP contribution is -2.46. The Labute approximate surface area is 163 Å². The number of hydrazine groups is 1. The van der Waals surface area contributed by atoms with Crippen LogP contribution in [-0.4, -0.2) is 10.9 Å². The molecule has 1 aliphatic rings. The molecule has 4 aromatic rings. The summed E-state index contributed by atoms with van der Waals surface area (Å²) in [6, 6.07) is 31.9. The third kappa shape index (κ3) is 2.85. The van der Waals surface area contributed by atoms with Crippen LogP contribution in [0.4, 0.5) is 11.4 Å². The largest absolute Gasteiger partial charge is 0.359 e. The second-order valence-corrected chi connectivity index (χ2v) is 6.85. The lowest BCUT2D eigenvalue weighted by molar-refractivity contribution is 0.0733. The van der Waals surface area contributed by atoms with Gasteiger partial charge in [-0.05, 0) is 46.7 Å². The monoisotopic (exact) mass is 365 g/mol. The highest BCUT2D eigenvalue weighted by atomic mass is 16.2. The van der Waals surface area contributed by atoms with Gasteiger partial charge in [-0.3, -0.25) is 10.2 Å². The van der Waals surface area contributed by atoms with E-state index in [1.807, 2.05) is 66.7 Å². The highest BCUT2D eigenvalue weighted by Gasteiger charge is 2.33. The zero-order valence-electron chi connectivity index (χ0n) is 15.2. The van der Waals surface area contributed by atoms with Gasteiger partial charge in [-0.1, -0.05) is 66.7 Å². The molecule has 0 fully saturated rings. The number of carbonyl (C=O) groups excluding carboxylic acids is 1. The summed E-state index contributed by atoms with van der Waals surface area (Å²) in [5, 5.41) is 7.51. The van der Waals surface area contributed by atoms with E-state index in [1.54, 1.807) is 5.01 Å². The molecule has 1 atom stereocenters. The molecule has 0 aromatic heterocycles. The molecule has 4 heteroatoms. The minimum Gasteiger partial charge on any atom is -0.359 e. The standard InChI is InChI=1S/C24H19N3O/c28-24-21-12-6-7-13-22(21)25-23(27(24)26-20-10-2-1-3-11-20)19-15-14-17-8-4-5-9-18(17)16-19/h1-16,23,25-26H. The Kier molecular flexibility index (Phi) is 3.95. The van der Waals surface area contributed by atoms with E-state index < -0.39 is 0 Å². The maximum absolute atomic E-state index is 13.3. The number of anilines is 2. The molecule has 0 radical (unpaired) electrons. The summed E-state index contributed by atoms with van der Waals surface area (Å²) in [7, 11) is 0. The summed E-state index contributed by atoms with van der Waals surface area (Å²) < 4.78 is 0. The number of hydrogen-bond acceptors (Lipinski definition) is 3. The van der Waals surface area contributed by atoms with Gasteiger partial charge in [0.15, 0.2) is 0 Å². The van der Waals surface area contributed by atoms with Crippen LogP contribution in [0.2, 0.25) is 0 Å². The fourth-order valence-corrected chi connectivity index (χ4v) is 3.63. The van der Waals surface area contributed by atoms with Crippen LogP contribution >= 0.6 is 0 Å². The number of fused-ring (bicyclic) bond motifs is 2. The van der Waals surface area contributed by atoms with E-state index in [0.717, 1.165) is 22.3 Å². The van der Waals surface area contributed by atoms with Crippen molar-refractivity contribution in [3.05, 3.63) is 108 Å². The summed E-state index contributed by atoms with van der Waals surface area (Å²) in [5.74, 6) is -0.0589. The number of nitrogens with one attached hydrogen (secondary N) is 2. The van der Waals surface area contributed by atoms with Crippen molar-refractivity contribution in [3.8, 4) is 0 Å². The van der Waals surface area contributed by atoms with E-state index in [4.69, 9.17) is 0 Å². The number of hydrogen-bond donors (Lipinski definition) is 2. The highest BCUT2D eigenvalue weighted by Crippen LogP contribution is 2.34. The molecule has 0 saturated heterocycles. The van der Waals surface area contributed by atoms with Gasteiger partial charge in [-0.15, -0.1) is 0 Å². The maximum atomic E-state index is 13.3. The van der Waals surface area contributed by atoms with Gasteiger partial charge in [-0.2, -0.15) is 0 Å². The van der Waals surface area contributed by atoms with Crippen molar-refractivity contribution in [1.82, 2.24) is 5.01 Å². The Morgan fingerprint density at radius 3 is 2.32 bits per heavy atom. The average molecular weight is 365 g/mol. The molecule has 0 aliphatic carbocycles. The van der Waals surface area contributed by atoms with Gasteiger partial charge >= 0.3 is 0 Å². The SMILES string of the molecule is O=C1c2ccccc2NC(c2ccc3ccccc3c2)N1Nc1ccccc1. The Hall–Kier alpha value is -3.79. The summed E-state index contributed by atoms with van der Waals surface area (Å²) in [4.78, 5) is 13.3. The molecule has 4 aromatic carbocycles. The Balaban J connectivity index is 1.60. The summed E-state index contributed by atoms with van der Waals surface area (Å²) in [5.41, 5.74) is 6.67. The van der Waals surface area contributed by atoms with Gasteiger partial charge < -0.3 is 5.32 Å². The van der Waals surface area contributed by atoms with Gasteiger partial charge in [0.05, 0.1) is 11.3 Å². The second kappa shape index (κ2) is 6.74. The van der Waals surface area contributed by atoms with Gasteiger partial charge in [0.1, 0.15) is 6.17 Å². The minimum atomic E-state index is -0.327. The molecular formula is C24H19N3O.